The van der Waals surface area contributed by atoms with E-state index in [9.17, 15) is 20.1 Å². The van der Waals surface area contributed by atoms with Gasteiger partial charge in [-0.05, 0) is 30.0 Å². The van der Waals surface area contributed by atoms with Crippen LogP contribution in [0.1, 0.15) is 55.3 Å². The molecule has 0 bridgehead atoms. The van der Waals surface area contributed by atoms with Gasteiger partial charge in [0, 0.05) is 23.7 Å². The Morgan fingerprint density at radius 2 is 1.95 bits per heavy atom. The maximum atomic E-state index is 11.7. The van der Waals surface area contributed by atoms with Crippen LogP contribution in [0.5, 0.6) is 0 Å². The number of carboxylic acids is 1. The van der Waals surface area contributed by atoms with Gasteiger partial charge in [0.25, 0.3) is 0 Å². The predicted molar refractivity (Wildman–Crippen MR) is 85.3 cm³/mol. The second-order valence-electron chi connectivity index (χ2n) is 6.65. The van der Waals surface area contributed by atoms with Gasteiger partial charge < -0.3 is 19.9 Å². The zero-order chi connectivity index (χ0) is 16.7. The van der Waals surface area contributed by atoms with Crippen LogP contribution in [0.2, 0.25) is 0 Å². The maximum Gasteiger partial charge on any atom is 0.337 e. The zero-order valence-corrected chi connectivity index (χ0v) is 13.4. The molecule has 0 amide bonds. The van der Waals surface area contributed by atoms with Crippen LogP contribution in [0.15, 0.2) is 18.3 Å². The van der Waals surface area contributed by atoms with Gasteiger partial charge in [-0.3, -0.25) is 0 Å². The van der Waals surface area contributed by atoms with E-state index in [4.69, 9.17) is 0 Å². The molecule has 0 spiro atoms. The molecule has 0 saturated heterocycles. The second-order valence-corrected chi connectivity index (χ2v) is 6.65. The summed E-state index contributed by atoms with van der Waals surface area (Å²) in [5, 5.41) is 29.5. The summed E-state index contributed by atoms with van der Waals surface area (Å²) < 4.78 is 1.70. The number of aliphatic hydroxyl groups is 2. The van der Waals surface area contributed by atoms with Crippen LogP contribution < -0.4 is 0 Å². The van der Waals surface area contributed by atoms with E-state index >= 15 is 0 Å². The molecule has 5 nitrogen and oxygen atoms in total. The Labute approximate surface area is 129 Å². The largest absolute Gasteiger partial charge is 0.478 e. The molecule has 0 aliphatic carbocycles. The molecule has 5 heteroatoms. The van der Waals surface area contributed by atoms with E-state index < -0.39 is 12.1 Å². The lowest BCUT2D eigenvalue weighted by molar-refractivity contribution is 0.0698. The van der Waals surface area contributed by atoms with Crippen LogP contribution in [0, 0.1) is 0 Å². The van der Waals surface area contributed by atoms with Crippen LogP contribution in [-0.2, 0) is 12.0 Å². The summed E-state index contributed by atoms with van der Waals surface area (Å²) in [5.41, 5.74) is 2.12. The average Bonchev–Trinajstić information content (AvgIpc) is 2.76. The Balaban J connectivity index is 2.90. The first-order valence-electron chi connectivity index (χ1n) is 7.36. The highest BCUT2D eigenvalue weighted by Crippen LogP contribution is 2.34. The SMILES string of the molecule is CC(O)c1cn(CCO)c2c(C(=O)O)cc(C(C)(C)C)cc12. The third kappa shape index (κ3) is 2.87. The topological polar surface area (TPSA) is 82.7 Å². The predicted octanol–water partition coefficient (Wildman–Crippen LogP) is 2.68. The van der Waals surface area contributed by atoms with Crippen molar-refractivity contribution in [3.63, 3.8) is 0 Å². The van der Waals surface area contributed by atoms with Gasteiger partial charge >= 0.3 is 5.97 Å². The normalized spacial score (nSPS) is 13.5. The molecule has 3 N–H and O–H groups in total. The highest BCUT2D eigenvalue weighted by molar-refractivity contribution is 6.04. The van der Waals surface area contributed by atoms with Crippen molar-refractivity contribution in [1.29, 1.82) is 0 Å². The van der Waals surface area contributed by atoms with Gasteiger partial charge in [0.15, 0.2) is 0 Å². The second kappa shape index (κ2) is 5.74. The van der Waals surface area contributed by atoms with E-state index in [0.29, 0.717) is 17.6 Å². The Kier molecular flexibility index (Phi) is 4.31. The molecule has 0 radical (unpaired) electrons. The number of aromatic nitrogens is 1. The molecule has 120 valence electrons. The van der Waals surface area contributed by atoms with E-state index in [1.54, 1.807) is 23.8 Å². The molecule has 1 aromatic heterocycles. The molecular formula is C17H23NO4. The fourth-order valence-corrected chi connectivity index (χ4v) is 2.68. The lowest BCUT2D eigenvalue weighted by Crippen LogP contribution is -2.13. The number of carbonyl (C=O) groups is 1. The molecule has 1 unspecified atom stereocenters. The number of nitrogens with zero attached hydrogens (tertiary/aromatic N) is 1. The molecule has 22 heavy (non-hydrogen) atoms. The van der Waals surface area contributed by atoms with E-state index in [0.717, 1.165) is 10.9 Å². The van der Waals surface area contributed by atoms with Crippen molar-refractivity contribution in [2.45, 2.75) is 45.8 Å². The van der Waals surface area contributed by atoms with Crippen molar-refractivity contribution in [1.82, 2.24) is 4.57 Å². The molecule has 1 aromatic carbocycles. The molecule has 2 rings (SSSR count). The highest BCUT2D eigenvalue weighted by Gasteiger charge is 2.23. The van der Waals surface area contributed by atoms with Crippen molar-refractivity contribution in [3.8, 4) is 0 Å². The first-order valence-corrected chi connectivity index (χ1v) is 7.36. The maximum absolute atomic E-state index is 11.7. The zero-order valence-electron chi connectivity index (χ0n) is 13.4. The molecule has 0 aliphatic heterocycles. The monoisotopic (exact) mass is 305 g/mol. The standard InChI is InChI=1S/C17H23NO4/c1-10(20)14-9-18(5-6-19)15-12(14)7-11(17(2,3)4)8-13(15)16(21)22/h7-10,19-20H,5-6H2,1-4H3,(H,21,22). The van der Waals surface area contributed by atoms with Crippen molar-refractivity contribution >= 4 is 16.9 Å². The third-order valence-corrected chi connectivity index (χ3v) is 3.89. The smallest absolute Gasteiger partial charge is 0.337 e. The average molecular weight is 305 g/mol. The van der Waals surface area contributed by atoms with Crippen LogP contribution in [0.25, 0.3) is 10.9 Å². The summed E-state index contributed by atoms with van der Waals surface area (Å²) in [6.45, 7) is 7.91. The van der Waals surface area contributed by atoms with Gasteiger partial charge in [-0.15, -0.1) is 0 Å². The van der Waals surface area contributed by atoms with E-state index in [-0.39, 0.29) is 17.6 Å². The number of hydrogen-bond acceptors (Lipinski definition) is 3. The third-order valence-electron chi connectivity index (χ3n) is 3.89. The summed E-state index contributed by atoms with van der Waals surface area (Å²) in [6.07, 6.45) is 1.02. The quantitative estimate of drug-likeness (QED) is 0.811. The molecule has 0 saturated carbocycles. The van der Waals surface area contributed by atoms with Crippen molar-refractivity contribution in [3.05, 3.63) is 35.0 Å². The summed E-state index contributed by atoms with van der Waals surface area (Å²) >= 11 is 0. The van der Waals surface area contributed by atoms with Crippen molar-refractivity contribution in [2.24, 2.45) is 0 Å². The number of carboxylic acid groups (broad SMARTS) is 1. The van der Waals surface area contributed by atoms with Gasteiger partial charge in [0.2, 0.25) is 0 Å². The molecule has 1 atom stereocenters. The highest BCUT2D eigenvalue weighted by atomic mass is 16.4. The van der Waals surface area contributed by atoms with E-state index in [2.05, 4.69) is 0 Å². The molecular weight excluding hydrogens is 282 g/mol. The van der Waals surface area contributed by atoms with Crippen LogP contribution in [-0.4, -0.2) is 32.5 Å². The minimum atomic E-state index is -1.01. The minimum absolute atomic E-state index is 0.0941. The Morgan fingerprint density at radius 1 is 1.32 bits per heavy atom. The van der Waals surface area contributed by atoms with E-state index in [1.165, 1.54) is 0 Å². The summed E-state index contributed by atoms with van der Waals surface area (Å²) in [6, 6.07) is 3.63. The van der Waals surface area contributed by atoms with Crippen LogP contribution in [0.4, 0.5) is 0 Å². The van der Waals surface area contributed by atoms with Gasteiger partial charge in [0.1, 0.15) is 0 Å². The van der Waals surface area contributed by atoms with Crippen LogP contribution in [0.3, 0.4) is 0 Å². The van der Waals surface area contributed by atoms with Crippen molar-refractivity contribution < 1.29 is 20.1 Å². The molecule has 1 heterocycles. The van der Waals surface area contributed by atoms with Crippen LogP contribution >= 0.6 is 0 Å². The van der Waals surface area contributed by atoms with Gasteiger partial charge in [-0.2, -0.15) is 0 Å². The first kappa shape index (κ1) is 16.5. The Bertz CT molecular complexity index is 707. The molecule has 2 aromatic rings. The number of benzene rings is 1. The summed E-state index contributed by atoms with van der Waals surface area (Å²) in [4.78, 5) is 11.7. The fraction of sp³-hybridized carbons (Fsp3) is 0.471. The fourth-order valence-electron chi connectivity index (χ4n) is 2.68. The van der Waals surface area contributed by atoms with Gasteiger partial charge in [-0.1, -0.05) is 20.8 Å². The number of aliphatic hydroxyl groups excluding tert-OH is 2. The lowest BCUT2D eigenvalue weighted by Gasteiger charge is -2.20. The minimum Gasteiger partial charge on any atom is -0.478 e. The number of fused-ring (bicyclic) bond motifs is 1. The molecule has 0 fully saturated rings. The number of aromatic carboxylic acids is 1. The number of hydrogen-bond donors (Lipinski definition) is 3. The molecule has 0 aliphatic rings. The van der Waals surface area contributed by atoms with Crippen molar-refractivity contribution in [2.75, 3.05) is 6.61 Å². The first-order chi connectivity index (χ1) is 10.2. The summed E-state index contributed by atoms with van der Waals surface area (Å²) in [5.74, 6) is -1.01. The summed E-state index contributed by atoms with van der Waals surface area (Å²) in [7, 11) is 0. The Morgan fingerprint density at radius 3 is 2.41 bits per heavy atom. The van der Waals surface area contributed by atoms with Gasteiger partial charge in [0.05, 0.1) is 23.8 Å². The number of rotatable bonds is 4. The van der Waals surface area contributed by atoms with Gasteiger partial charge in [-0.25, -0.2) is 4.79 Å². The Hall–Kier alpha value is -1.85. The lowest BCUT2D eigenvalue weighted by atomic mass is 9.84. The van der Waals surface area contributed by atoms with E-state index in [1.807, 2.05) is 26.8 Å².